The molecule has 1 aliphatic heterocycles. The molecule has 0 aliphatic carbocycles. The number of amides is 1. The van der Waals surface area contributed by atoms with Crippen molar-refractivity contribution in [2.24, 2.45) is 5.41 Å². The van der Waals surface area contributed by atoms with Crippen LogP contribution in [0.1, 0.15) is 45.3 Å². The van der Waals surface area contributed by atoms with Gasteiger partial charge in [-0.3, -0.25) is 9.35 Å². The van der Waals surface area contributed by atoms with Crippen LogP contribution < -0.4 is 5.32 Å². The van der Waals surface area contributed by atoms with E-state index in [9.17, 15) is 22.8 Å². The van der Waals surface area contributed by atoms with Gasteiger partial charge in [0.2, 0.25) is 18.1 Å². The van der Waals surface area contributed by atoms with Crippen LogP contribution in [0.3, 0.4) is 0 Å². The fourth-order valence-corrected chi connectivity index (χ4v) is 3.89. The van der Waals surface area contributed by atoms with Crippen LogP contribution in [0.15, 0.2) is 30.3 Å². The van der Waals surface area contributed by atoms with Crippen LogP contribution in [-0.4, -0.2) is 48.7 Å². The van der Waals surface area contributed by atoms with Crippen molar-refractivity contribution in [3.05, 3.63) is 35.9 Å². The van der Waals surface area contributed by atoms with Gasteiger partial charge in [0, 0.05) is 23.9 Å². The van der Waals surface area contributed by atoms with Crippen LogP contribution >= 0.6 is 0 Å². The molecule has 1 amide bonds. The molecular weight excluding hydrogens is 402 g/mol. The fourth-order valence-electron chi connectivity index (χ4n) is 3.31. The molecule has 3 atom stereocenters. The highest BCUT2D eigenvalue weighted by molar-refractivity contribution is 7.85. The standard InChI is InChI=1S/C19H25NO8S/c1-12(21)20-14(9-10-29(24,25)26)11-19(2,3)16-18(23)27-15(17(22)28-16)13-7-5-4-6-8-13/h4-8,14-16H,9-11H2,1-3H3,(H,20,21)(H,24,25,26). The van der Waals surface area contributed by atoms with E-state index in [-0.39, 0.29) is 12.8 Å². The Bertz CT molecular complexity index is 865. The first-order chi connectivity index (χ1) is 13.4. The number of hydrogen-bond donors (Lipinski definition) is 2. The number of carbonyl (C=O) groups excluding carboxylic acids is 3. The minimum Gasteiger partial charge on any atom is -0.447 e. The normalized spacial score (nSPS) is 21.1. The molecule has 0 saturated carbocycles. The van der Waals surface area contributed by atoms with Gasteiger partial charge in [-0.05, 0) is 12.8 Å². The molecule has 160 valence electrons. The summed E-state index contributed by atoms with van der Waals surface area (Å²) in [6.45, 7) is 4.57. The summed E-state index contributed by atoms with van der Waals surface area (Å²) < 4.78 is 41.8. The maximum Gasteiger partial charge on any atom is 0.353 e. The predicted octanol–water partition coefficient (Wildman–Crippen LogP) is 1.40. The lowest BCUT2D eigenvalue weighted by atomic mass is 9.79. The lowest BCUT2D eigenvalue weighted by molar-refractivity contribution is -0.205. The Morgan fingerprint density at radius 1 is 1.17 bits per heavy atom. The molecule has 3 unspecified atom stereocenters. The first-order valence-corrected chi connectivity index (χ1v) is 10.7. The number of nitrogens with one attached hydrogen (secondary N) is 1. The number of benzene rings is 1. The van der Waals surface area contributed by atoms with Gasteiger partial charge in [0.1, 0.15) is 0 Å². The second-order valence-corrected chi connectivity index (χ2v) is 9.28. The highest BCUT2D eigenvalue weighted by Crippen LogP contribution is 2.36. The van der Waals surface area contributed by atoms with E-state index in [0.29, 0.717) is 5.56 Å². The van der Waals surface area contributed by atoms with Gasteiger partial charge in [-0.1, -0.05) is 44.2 Å². The van der Waals surface area contributed by atoms with E-state index in [1.807, 2.05) is 0 Å². The second kappa shape index (κ2) is 8.91. The average Bonchev–Trinajstić information content (AvgIpc) is 2.60. The Hall–Kier alpha value is -2.46. The van der Waals surface area contributed by atoms with Crippen molar-refractivity contribution in [3.63, 3.8) is 0 Å². The first-order valence-electron chi connectivity index (χ1n) is 9.07. The third-order valence-corrected chi connectivity index (χ3v) is 5.36. The number of rotatable bonds is 8. The Kier molecular flexibility index (Phi) is 7.02. The van der Waals surface area contributed by atoms with E-state index in [1.54, 1.807) is 44.2 Å². The second-order valence-electron chi connectivity index (χ2n) is 7.71. The van der Waals surface area contributed by atoms with Crippen molar-refractivity contribution in [1.29, 1.82) is 0 Å². The number of ether oxygens (including phenoxy) is 2. The molecule has 1 fully saturated rings. The van der Waals surface area contributed by atoms with E-state index < -0.39 is 57.4 Å². The molecule has 1 aromatic carbocycles. The lowest BCUT2D eigenvalue weighted by Crippen LogP contribution is -2.50. The van der Waals surface area contributed by atoms with Crippen molar-refractivity contribution >= 4 is 28.0 Å². The summed E-state index contributed by atoms with van der Waals surface area (Å²) in [7, 11) is -4.22. The number of cyclic esters (lactones) is 2. The first kappa shape index (κ1) is 22.8. The molecule has 9 nitrogen and oxygen atoms in total. The molecule has 0 spiro atoms. The summed E-state index contributed by atoms with van der Waals surface area (Å²) in [5, 5.41) is 2.60. The summed E-state index contributed by atoms with van der Waals surface area (Å²) in [5.74, 6) is -2.38. The minimum atomic E-state index is -4.22. The van der Waals surface area contributed by atoms with Crippen LogP contribution in [0.25, 0.3) is 0 Å². The third kappa shape index (κ3) is 6.53. The van der Waals surface area contributed by atoms with Gasteiger partial charge < -0.3 is 14.8 Å². The van der Waals surface area contributed by atoms with Crippen LogP contribution in [0.5, 0.6) is 0 Å². The third-order valence-electron chi connectivity index (χ3n) is 4.61. The van der Waals surface area contributed by atoms with Crippen LogP contribution in [0, 0.1) is 5.41 Å². The smallest absolute Gasteiger partial charge is 0.353 e. The topological polar surface area (TPSA) is 136 Å². The van der Waals surface area contributed by atoms with Crippen molar-refractivity contribution in [2.45, 2.75) is 51.9 Å². The molecule has 0 aromatic heterocycles. The van der Waals surface area contributed by atoms with Crippen LogP contribution in [-0.2, 0) is 34.0 Å². The molecule has 2 rings (SSSR count). The van der Waals surface area contributed by atoms with Gasteiger partial charge in [-0.2, -0.15) is 8.42 Å². The summed E-state index contributed by atoms with van der Waals surface area (Å²) in [6.07, 6.45) is -2.33. The molecule has 1 heterocycles. The molecule has 0 radical (unpaired) electrons. The fraction of sp³-hybridized carbons (Fsp3) is 0.526. The monoisotopic (exact) mass is 427 g/mol. The van der Waals surface area contributed by atoms with Crippen molar-refractivity contribution < 1.29 is 36.8 Å². The Labute approximate surface area is 169 Å². The molecule has 2 N–H and O–H groups in total. The number of hydrogen-bond acceptors (Lipinski definition) is 7. The Morgan fingerprint density at radius 2 is 1.79 bits per heavy atom. The molecule has 1 aromatic rings. The largest absolute Gasteiger partial charge is 0.447 e. The van der Waals surface area contributed by atoms with Gasteiger partial charge in [0.05, 0.1) is 5.75 Å². The van der Waals surface area contributed by atoms with E-state index in [4.69, 9.17) is 14.0 Å². The zero-order chi connectivity index (χ0) is 21.8. The zero-order valence-electron chi connectivity index (χ0n) is 16.5. The summed E-state index contributed by atoms with van der Waals surface area (Å²) >= 11 is 0. The highest BCUT2D eigenvalue weighted by atomic mass is 32.2. The number of esters is 2. The van der Waals surface area contributed by atoms with E-state index in [1.165, 1.54) is 6.92 Å². The molecular formula is C19H25NO8S. The number of carbonyl (C=O) groups is 3. The lowest BCUT2D eigenvalue weighted by Gasteiger charge is -2.38. The van der Waals surface area contributed by atoms with E-state index >= 15 is 0 Å². The van der Waals surface area contributed by atoms with E-state index in [2.05, 4.69) is 5.32 Å². The summed E-state index contributed by atoms with van der Waals surface area (Å²) in [4.78, 5) is 36.5. The quantitative estimate of drug-likeness (QED) is 0.469. The maximum atomic E-state index is 12.6. The Morgan fingerprint density at radius 3 is 2.34 bits per heavy atom. The molecule has 1 aliphatic rings. The molecule has 29 heavy (non-hydrogen) atoms. The van der Waals surface area contributed by atoms with Crippen LogP contribution in [0.2, 0.25) is 0 Å². The van der Waals surface area contributed by atoms with Crippen molar-refractivity contribution in [2.75, 3.05) is 5.75 Å². The van der Waals surface area contributed by atoms with Gasteiger partial charge in [0.25, 0.3) is 10.1 Å². The van der Waals surface area contributed by atoms with Gasteiger partial charge in [0.15, 0.2) is 0 Å². The SMILES string of the molecule is CC(=O)NC(CCS(=O)(=O)O)CC(C)(C)C1OC(=O)C(c2ccccc2)OC1=O. The van der Waals surface area contributed by atoms with Crippen molar-refractivity contribution in [1.82, 2.24) is 5.32 Å². The van der Waals surface area contributed by atoms with Crippen LogP contribution in [0.4, 0.5) is 0 Å². The summed E-state index contributed by atoms with van der Waals surface area (Å²) in [6, 6.07) is 7.81. The zero-order valence-corrected chi connectivity index (χ0v) is 17.3. The average molecular weight is 427 g/mol. The maximum absolute atomic E-state index is 12.6. The minimum absolute atomic E-state index is 0.0653. The molecule has 0 bridgehead atoms. The highest BCUT2D eigenvalue weighted by Gasteiger charge is 2.47. The Balaban J connectivity index is 2.13. The van der Waals surface area contributed by atoms with E-state index in [0.717, 1.165) is 0 Å². The van der Waals surface area contributed by atoms with Gasteiger partial charge >= 0.3 is 11.9 Å². The van der Waals surface area contributed by atoms with Crippen molar-refractivity contribution in [3.8, 4) is 0 Å². The molecule has 10 heteroatoms. The predicted molar refractivity (Wildman–Crippen MR) is 102 cm³/mol. The molecule has 1 saturated heterocycles. The summed E-state index contributed by atoms with van der Waals surface area (Å²) in [5.41, 5.74) is -0.479. The van der Waals surface area contributed by atoms with Gasteiger partial charge in [-0.25, -0.2) is 9.59 Å². The van der Waals surface area contributed by atoms with Gasteiger partial charge in [-0.15, -0.1) is 0 Å².